The maximum atomic E-state index is 13.2. The van der Waals surface area contributed by atoms with Crippen molar-refractivity contribution in [1.82, 2.24) is 29.2 Å². The average Bonchev–Trinajstić information content (AvgIpc) is 3.59. The molecule has 1 N–H and O–H groups in total. The molecule has 1 spiro atoms. The Hall–Kier alpha value is -4.01. The van der Waals surface area contributed by atoms with E-state index in [1.165, 1.54) is 5.56 Å². The molecule has 0 radical (unpaired) electrons. The third-order valence-electron chi connectivity index (χ3n) is 7.78. The maximum Gasteiger partial charge on any atom is 0.278 e. The Morgan fingerprint density at radius 1 is 1.13 bits per heavy atom. The number of hydrogen-bond donors (Lipinski definition) is 1. The van der Waals surface area contributed by atoms with Gasteiger partial charge < -0.3 is 10.2 Å². The monoisotopic (exact) mass is 511 g/mol. The van der Waals surface area contributed by atoms with Gasteiger partial charge in [0, 0.05) is 55.0 Å². The third kappa shape index (κ3) is 3.97. The molecule has 0 atom stereocenters. The molecule has 4 aromatic rings. The van der Waals surface area contributed by atoms with E-state index in [4.69, 9.17) is 9.97 Å². The minimum atomic E-state index is -0.148. The zero-order chi connectivity index (χ0) is 26.8. The molecule has 0 unspecified atom stereocenters. The molecule has 9 nitrogen and oxygen atoms in total. The predicted molar refractivity (Wildman–Crippen MR) is 147 cm³/mol. The molecule has 1 aliphatic carbocycles. The van der Waals surface area contributed by atoms with Crippen LogP contribution < -0.4 is 10.9 Å². The topological polar surface area (TPSA) is 97.9 Å². The summed E-state index contributed by atoms with van der Waals surface area (Å²) in [6.07, 6.45) is 3.82. The average molecular weight is 512 g/mol. The van der Waals surface area contributed by atoms with Gasteiger partial charge in [-0.2, -0.15) is 4.98 Å². The summed E-state index contributed by atoms with van der Waals surface area (Å²) in [7, 11) is 0. The van der Waals surface area contributed by atoms with Crippen LogP contribution in [0.4, 0.5) is 11.6 Å². The quantitative estimate of drug-likeness (QED) is 0.435. The summed E-state index contributed by atoms with van der Waals surface area (Å²) in [6.45, 7) is 11.8. The fraction of sp³-hybridized carbons (Fsp3) is 0.414. The number of fused-ring (bicyclic) bond motifs is 3. The van der Waals surface area contributed by atoms with E-state index >= 15 is 0 Å². The zero-order valence-corrected chi connectivity index (χ0v) is 22.6. The van der Waals surface area contributed by atoms with E-state index in [1.807, 2.05) is 30.0 Å². The lowest BCUT2D eigenvalue weighted by Crippen LogP contribution is -2.40. The molecule has 0 saturated heterocycles. The number of benzene rings is 1. The van der Waals surface area contributed by atoms with E-state index in [2.05, 4.69) is 49.3 Å². The molecule has 1 saturated carbocycles. The molecule has 0 bridgehead atoms. The van der Waals surface area contributed by atoms with Crippen LogP contribution in [0, 0.1) is 0 Å². The van der Waals surface area contributed by atoms with Crippen LogP contribution >= 0.6 is 0 Å². The first-order valence-corrected chi connectivity index (χ1v) is 13.2. The van der Waals surface area contributed by atoms with Gasteiger partial charge in [-0.05, 0) is 55.2 Å². The molecule has 6 rings (SSSR count). The minimum absolute atomic E-state index is 0.108. The molecule has 3 aromatic heterocycles. The van der Waals surface area contributed by atoms with Crippen LogP contribution in [-0.2, 0) is 28.7 Å². The molecule has 2 aliphatic rings. The van der Waals surface area contributed by atoms with E-state index in [9.17, 15) is 9.59 Å². The molecular weight excluding hydrogens is 478 g/mol. The smallest absolute Gasteiger partial charge is 0.278 e. The highest BCUT2D eigenvalue weighted by Crippen LogP contribution is 2.52. The lowest BCUT2D eigenvalue weighted by molar-refractivity contribution is -0.130. The third-order valence-corrected chi connectivity index (χ3v) is 7.78. The van der Waals surface area contributed by atoms with E-state index in [0.717, 1.165) is 36.3 Å². The number of amides is 1. The molecule has 38 heavy (non-hydrogen) atoms. The van der Waals surface area contributed by atoms with Crippen molar-refractivity contribution in [2.45, 2.75) is 71.4 Å². The summed E-state index contributed by atoms with van der Waals surface area (Å²) < 4.78 is 3.43. The van der Waals surface area contributed by atoms with Gasteiger partial charge in [0.2, 0.25) is 11.9 Å². The van der Waals surface area contributed by atoms with Crippen molar-refractivity contribution in [2.24, 2.45) is 0 Å². The Kier molecular flexibility index (Phi) is 5.45. The summed E-state index contributed by atoms with van der Waals surface area (Å²) in [5, 5.41) is 3.77. The van der Waals surface area contributed by atoms with Crippen molar-refractivity contribution >= 4 is 28.6 Å². The normalized spacial score (nSPS) is 16.1. The first kappa shape index (κ1) is 24.3. The second-order valence-corrected chi connectivity index (χ2v) is 11.5. The Bertz CT molecular complexity index is 1640. The highest BCUT2D eigenvalue weighted by Gasteiger charge is 2.49. The van der Waals surface area contributed by atoms with Gasteiger partial charge in [-0.15, -0.1) is 0 Å². The van der Waals surface area contributed by atoms with Crippen molar-refractivity contribution in [3.8, 4) is 5.82 Å². The summed E-state index contributed by atoms with van der Waals surface area (Å²) >= 11 is 0. The lowest BCUT2D eigenvalue weighted by Gasteiger charge is -2.34. The van der Waals surface area contributed by atoms with Crippen LogP contribution in [0.1, 0.15) is 64.3 Å². The first-order valence-electron chi connectivity index (χ1n) is 13.2. The summed E-state index contributed by atoms with van der Waals surface area (Å²) in [5.74, 6) is 1.15. The first-order chi connectivity index (χ1) is 18.1. The van der Waals surface area contributed by atoms with Gasteiger partial charge in [0.1, 0.15) is 5.39 Å². The van der Waals surface area contributed by atoms with E-state index in [1.54, 1.807) is 22.5 Å². The van der Waals surface area contributed by atoms with Crippen molar-refractivity contribution < 1.29 is 4.79 Å². The van der Waals surface area contributed by atoms with E-state index in [0.29, 0.717) is 35.9 Å². The fourth-order valence-corrected chi connectivity index (χ4v) is 5.53. The fourth-order valence-electron chi connectivity index (χ4n) is 5.53. The van der Waals surface area contributed by atoms with Crippen LogP contribution in [0.3, 0.4) is 0 Å². The van der Waals surface area contributed by atoms with Crippen LogP contribution in [-0.4, -0.2) is 41.7 Å². The Labute approximate surface area is 221 Å². The second-order valence-electron chi connectivity index (χ2n) is 11.5. The second kappa shape index (κ2) is 8.51. The van der Waals surface area contributed by atoms with Gasteiger partial charge >= 0.3 is 0 Å². The van der Waals surface area contributed by atoms with E-state index in [-0.39, 0.29) is 22.3 Å². The number of pyridine rings is 1. The highest BCUT2D eigenvalue weighted by molar-refractivity contribution is 5.77. The lowest BCUT2D eigenvalue weighted by atomic mass is 9.86. The summed E-state index contributed by atoms with van der Waals surface area (Å²) in [4.78, 5) is 41.4. The number of carbonyl (C=O) groups excluding carboxylic acids is 1. The zero-order valence-electron chi connectivity index (χ0n) is 22.6. The molecule has 1 aromatic carbocycles. The molecule has 4 heterocycles. The summed E-state index contributed by atoms with van der Waals surface area (Å²) in [6, 6.07) is 12.2. The standard InChI is InChI=1S/C29H33N7O2/c1-6-35-26(38)21-15-30-27(33-25(21)36(35)24-9-7-8-23(32-24)28(3,4)5)31-20-10-11-22-19(14-20)16-34(18(2)37)17-29(22)12-13-29/h7-11,14-15H,6,12-13,16-17H2,1-5H3,(H,30,31,33). The van der Waals surface area contributed by atoms with Crippen LogP contribution in [0.25, 0.3) is 16.9 Å². The Morgan fingerprint density at radius 3 is 2.61 bits per heavy atom. The molecule has 1 fully saturated rings. The predicted octanol–water partition coefficient (Wildman–Crippen LogP) is 4.43. The number of rotatable bonds is 4. The molecular formula is C29H33N7O2. The highest BCUT2D eigenvalue weighted by atomic mass is 16.2. The minimum Gasteiger partial charge on any atom is -0.338 e. The van der Waals surface area contributed by atoms with Gasteiger partial charge in [0.05, 0.1) is 0 Å². The van der Waals surface area contributed by atoms with Crippen molar-refractivity contribution in [2.75, 3.05) is 11.9 Å². The SMILES string of the molecule is CCn1c(=O)c2cnc(Nc3ccc4c(c3)CN(C(C)=O)CC43CC3)nc2n1-c1cccc(C(C)(C)C)n1. The van der Waals surface area contributed by atoms with Gasteiger partial charge in [0.15, 0.2) is 11.5 Å². The van der Waals surface area contributed by atoms with Crippen LogP contribution in [0.2, 0.25) is 0 Å². The van der Waals surface area contributed by atoms with Gasteiger partial charge in [-0.1, -0.05) is 32.9 Å². The number of nitrogens with zero attached hydrogens (tertiary/aromatic N) is 6. The van der Waals surface area contributed by atoms with Gasteiger partial charge in [0.25, 0.3) is 5.56 Å². The van der Waals surface area contributed by atoms with Gasteiger partial charge in [-0.3, -0.25) is 9.59 Å². The van der Waals surface area contributed by atoms with Crippen LogP contribution in [0.5, 0.6) is 0 Å². The molecule has 1 aliphatic heterocycles. The number of nitrogens with one attached hydrogen (secondary N) is 1. The largest absolute Gasteiger partial charge is 0.338 e. The molecule has 1 amide bonds. The number of hydrogen-bond acceptors (Lipinski definition) is 6. The number of aromatic nitrogens is 5. The van der Waals surface area contributed by atoms with Crippen molar-refractivity contribution in [3.63, 3.8) is 0 Å². The van der Waals surface area contributed by atoms with E-state index < -0.39 is 0 Å². The Morgan fingerprint density at radius 2 is 1.92 bits per heavy atom. The molecule has 196 valence electrons. The Balaban J connectivity index is 1.40. The number of anilines is 2. The van der Waals surface area contributed by atoms with Crippen molar-refractivity contribution in [1.29, 1.82) is 0 Å². The maximum absolute atomic E-state index is 13.2. The van der Waals surface area contributed by atoms with Gasteiger partial charge in [-0.25, -0.2) is 19.3 Å². The summed E-state index contributed by atoms with van der Waals surface area (Å²) in [5.41, 5.74) is 4.61. The van der Waals surface area contributed by atoms with Crippen LogP contribution in [0.15, 0.2) is 47.4 Å². The van der Waals surface area contributed by atoms with Crippen molar-refractivity contribution in [3.05, 3.63) is 69.8 Å². The molecule has 9 heteroatoms. The number of carbonyl (C=O) groups is 1.